The zero-order valence-corrected chi connectivity index (χ0v) is 17.0. The number of anilines is 1. The van der Waals surface area contributed by atoms with Crippen molar-refractivity contribution in [2.45, 2.75) is 25.7 Å². The number of benzene rings is 1. The highest BCUT2D eigenvalue weighted by atomic mass is 35.5. The Labute approximate surface area is 179 Å². The van der Waals surface area contributed by atoms with E-state index in [0.717, 1.165) is 11.1 Å². The van der Waals surface area contributed by atoms with Gasteiger partial charge >= 0.3 is 5.69 Å². The van der Waals surface area contributed by atoms with Gasteiger partial charge in [-0.05, 0) is 30.3 Å². The highest BCUT2D eigenvalue weighted by molar-refractivity contribution is 6.49. The van der Waals surface area contributed by atoms with E-state index < -0.39 is 17.1 Å². The molecule has 152 valence electrons. The van der Waals surface area contributed by atoms with Crippen LogP contribution in [0.5, 0.6) is 11.6 Å². The topological polar surface area (TPSA) is 149 Å². The van der Waals surface area contributed by atoms with Gasteiger partial charge in [0.1, 0.15) is 7.85 Å². The lowest BCUT2D eigenvalue weighted by molar-refractivity contribution is 0.448. The quantitative estimate of drug-likeness (QED) is 0.496. The molecule has 0 saturated carbocycles. The van der Waals surface area contributed by atoms with E-state index in [1.807, 2.05) is 11.9 Å². The lowest BCUT2D eigenvalue weighted by Crippen LogP contribution is -2.35. The molecule has 0 spiro atoms. The maximum Gasteiger partial charge on any atom is 0.349 e. The zero-order chi connectivity index (χ0) is 21.7. The SMILES string of the molecule is [B]c1c(-n2nc(N)c(=O)[nH]c2=O)cc(Cl)c(Oc2n[nH]c(=O)c3c2CCC3C)c1Cl. The minimum absolute atomic E-state index is 0.00132. The Morgan fingerprint density at radius 3 is 2.77 bits per heavy atom. The van der Waals surface area contributed by atoms with Crippen LogP contribution in [0.3, 0.4) is 0 Å². The minimum Gasteiger partial charge on any atom is -0.434 e. The van der Waals surface area contributed by atoms with Crippen molar-refractivity contribution in [2.75, 3.05) is 5.73 Å². The number of nitrogens with two attached hydrogens (primary N) is 1. The minimum atomic E-state index is -0.879. The molecule has 1 aromatic carbocycles. The number of hydrogen-bond acceptors (Lipinski definition) is 7. The third-order valence-corrected chi connectivity index (χ3v) is 5.54. The van der Waals surface area contributed by atoms with Crippen LogP contribution in [0.4, 0.5) is 5.82 Å². The molecular weight excluding hydrogens is 434 g/mol. The van der Waals surface area contributed by atoms with E-state index in [-0.39, 0.29) is 44.3 Å². The Morgan fingerprint density at radius 2 is 2.03 bits per heavy atom. The predicted octanol–water partition coefficient (Wildman–Crippen LogP) is 0.529. The average Bonchev–Trinajstić information content (AvgIpc) is 3.09. The summed E-state index contributed by atoms with van der Waals surface area (Å²) in [7, 11) is 6.07. The van der Waals surface area contributed by atoms with Gasteiger partial charge in [0.2, 0.25) is 11.7 Å². The second kappa shape index (κ2) is 7.33. The first kappa shape index (κ1) is 20.2. The standard InChI is InChI=1S/C17H13BCl2N6O4/c1-5-2-3-6-9(5)14(27)23-24-16(6)30-12-7(19)4-8(10(18)11(12)20)26-17(29)22-15(28)13(21)25-26/h4-5H,2-3H2,1H3,(H2,21,25)(H,23,27)(H,22,28,29). The molecule has 13 heteroatoms. The van der Waals surface area contributed by atoms with Crippen molar-refractivity contribution in [3.8, 4) is 17.3 Å². The van der Waals surface area contributed by atoms with Crippen molar-refractivity contribution in [1.82, 2.24) is 25.0 Å². The lowest BCUT2D eigenvalue weighted by Gasteiger charge is -2.16. The number of nitrogen functional groups attached to an aromatic ring is 1. The second-order valence-corrected chi connectivity index (χ2v) is 7.57. The Bertz CT molecular complexity index is 1370. The number of halogens is 2. The molecule has 3 aromatic rings. The van der Waals surface area contributed by atoms with Crippen LogP contribution in [0, 0.1) is 0 Å². The summed E-state index contributed by atoms with van der Waals surface area (Å²) in [5.41, 5.74) is 4.68. The van der Waals surface area contributed by atoms with Crippen LogP contribution in [0.25, 0.3) is 5.69 Å². The first-order valence-corrected chi connectivity index (χ1v) is 9.51. The number of rotatable bonds is 3. The first-order valence-electron chi connectivity index (χ1n) is 8.75. The van der Waals surface area contributed by atoms with Gasteiger partial charge in [-0.25, -0.2) is 9.89 Å². The van der Waals surface area contributed by atoms with Crippen LogP contribution in [0.1, 0.15) is 30.4 Å². The Kier molecular flexibility index (Phi) is 4.95. The van der Waals surface area contributed by atoms with Gasteiger partial charge in [0.05, 0.1) is 15.7 Å². The van der Waals surface area contributed by atoms with Crippen LogP contribution in [0.2, 0.25) is 10.0 Å². The fourth-order valence-corrected chi connectivity index (χ4v) is 3.90. The van der Waals surface area contributed by atoms with Crippen molar-refractivity contribution in [3.05, 3.63) is 58.4 Å². The molecular formula is C17H13BCl2N6O4. The maximum absolute atomic E-state index is 12.1. The predicted molar refractivity (Wildman–Crippen MR) is 112 cm³/mol. The largest absolute Gasteiger partial charge is 0.434 e. The van der Waals surface area contributed by atoms with Crippen molar-refractivity contribution in [1.29, 1.82) is 0 Å². The van der Waals surface area contributed by atoms with E-state index in [1.54, 1.807) is 0 Å². The molecule has 0 bridgehead atoms. The number of aromatic amines is 2. The van der Waals surface area contributed by atoms with Crippen LogP contribution < -0.4 is 32.7 Å². The van der Waals surface area contributed by atoms with Crippen LogP contribution in [-0.4, -0.2) is 32.8 Å². The summed E-state index contributed by atoms with van der Waals surface area (Å²) in [6.07, 6.45) is 1.40. The smallest absolute Gasteiger partial charge is 0.349 e. The molecule has 0 amide bonds. The molecule has 2 radical (unpaired) electrons. The fraction of sp³-hybridized carbons (Fsp3) is 0.235. The molecule has 0 saturated heterocycles. The molecule has 2 heterocycles. The molecule has 4 rings (SSSR count). The van der Waals surface area contributed by atoms with Gasteiger partial charge in [-0.2, -0.15) is 4.68 Å². The van der Waals surface area contributed by atoms with Crippen LogP contribution in [0.15, 0.2) is 20.4 Å². The molecule has 0 fully saturated rings. The molecule has 10 nitrogen and oxygen atoms in total. The molecule has 1 unspecified atom stereocenters. The lowest BCUT2D eigenvalue weighted by atomic mass is 9.93. The summed E-state index contributed by atoms with van der Waals surface area (Å²) < 4.78 is 6.58. The van der Waals surface area contributed by atoms with E-state index in [2.05, 4.69) is 15.3 Å². The number of ether oxygens (including phenoxy) is 1. The van der Waals surface area contributed by atoms with Crippen LogP contribution in [-0.2, 0) is 6.42 Å². The number of hydrogen-bond donors (Lipinski definition) is 3. The first-order chi connectivity index (χ1) is 14.2. The third kappa shape index (κ3) is 3.19. The summed E-state index contributed by atoms with van der Waals surface area (Å²) in [6.45, 7) is 1.94. The third-order valence-electron chi connectivity index (χ3n) is 4.88. The molecule has 4 N–H and O–H groups in total. The summed E-state index contributed by atoms with van der Waals surface area (Å²) >= 11 is 12.7. The Hall–Kier alpha value is -3.05. The van der Waals surface area contributed by atoms with Gasteiger partial charge < -0.3 is 10.5 Å². The Balaban J connectivity index is 1.83. The van der Waals surface area contributed by atoms with Crippen LogP contribution >= 0.6 is 23.2 Å². The molecule has 1 aliphatic carbocycles. The van der Waals surface area contributed by atoms with Gasteiger partial charge in [-0.1, -0.05) is 30.1 Å². The maximum atomic E-state index is 12.1. The number of nitrogens with zero attached hydrogens (tertiary/aromatic N) is 3. The summed E-state index contributed by atoms with van der Waals surface area (Å²) in [4.78, 5) is 37.6. The number of H-pyrrole nitrogens is 2. The normalized spacial score (nSPS) is 15.2. The Morgan fingerprint density at radius 1 is 1.30 bits per heavy atom. The van der Waals surface area contributed by atoms with E-state index >= 15 is 0 Å². The highest BCUT2D eigenvalue weighted by Crippen LogP contribution is 2.40. The van der Waals surface area contributed by atoms with Crippen molar-refractivity contribution in [3.63, 3.8) is 0 Å². The van der Waals surface area contributed by atoms with E-state index in [9.17, 15) is 14.4 Å². The van der Waals surface area contributed by atoms with Gasteiger partial charge in [0.15, 0.2) is 5.75 Å². The van der Waals surface area contributed by atoms with E-state index in [4.69, 9.17) is 41.5 Å². The molecule has 1 atom stereocenters. The molecule has 0 aliphatic heterocycles. The second-order valence-electron chi connectivity index (χ2n) is 6.78. The monoisotopic (exact) mass is 446 g/mol. The van der Waals surface area contributed by atoms with Crippen molar-refractivity contribution in [2.24, 2.45) is 0 Å². The number of fused-ring (bicyclic) bond motifs is 1. The average molecular weight is 447 g/mol. The van der Waals surface area contributed by atoms with Crippen molar-refractivity contribution >= 4 is 42.3 Å². The summed E-state index contributed by atoms with van der Waals surface area (Å²) in [6, 6.07) is 1.29. The number of aromatic nitrogens is 5. The molecule has 1 aliphatic rings. The van der Waals surface area contributed by atoms with Crippen molar-refractivity contribution < 1.29 is 4.74 Å². The van der Waals surface area contributed by atoms with E-state index in [0.29, 0.717) is 17.5 Å². The fourth-order valence-electron chi connectivity index (χ4n) is 3.38. The highest BCUT2D eigenvalue weighted by Gasteiger charge is 2.28. The van der Waals surface area contributed by atoms with E-state index in [1.165, 1.54) is 6.07 Å². The molecule has 30 heavy (non-hydrogen) atoms. The van der Waals surface area contributed by atoms with Gasteiger partial charge in [0, 0.05) is 11.1 Å². The summed E-state index contributed by atoms with van der Waals surface area (Å²) in [5, 5.41) is 9.98. The zero-order valence-electron chi connectivity index (χ0n) is 15.5. The van der Waals surface area contributed by atoms with Gasteiger partial charge in [-0.3, -0.25) is 14.6 Å². The van der Waals surface area contributed by atoms with Gasteiger partial charge in [0.25, 0.3) is 11.1 Å². The summed E-state index contributed by atoms with van der Waals surface area (Å²) in [5.74, 6) is -0.223. The molecule has 2 aromatic heterocycles. The van der Waals surface area contributed by atoms with Gasteiger partial charge in [-0.15, -0.1) is 10.2 Å². The number of nitrogens with one attached hydrogen (secondary N) is 2.